The lowest BCUT2D eigenvalue weighted by molar-refractivity contribution is 0.115. The Bertz CT molecular complexity index is 425. The number of amides is 1. The zero-order chi connectivity index (χ0) is 12.4. The lowest BCUT2D eigenvalue weighted by Crippen LogP contribution is -2.35. The smallest absolute Gasteiger partial charge is 0.407 e. The molecule has 1 fully saturated rings. The number of hydrogen-bond acceptors (Lipinski definition) is 3. The van der Waals surface area contributed by atoms with E-state index in [0.29, 0.717) is 6.61 Å². The molecule has 1 amide bonds. The Hall–Kier alpha value is -1.42. The molecule has 100 valence electrons. The topological polar surface area (TPSA) is 47.6 Å². The van der Waals surface area contributed by atoms with Gasteiger partial charge in [0.05, 0.1) is 19.8 Å². The van der Waals surface area contributed by atoms with Gasteiger partial charge in [0.1, 0.15) is 5.75 Å². The van der Waals surface area contributed by atoms with Crippen molar-refractivity contribution in [3.63, 3.8) is 0 Å². The number of aryl methyl sites for hydroxylation is 2. The van der Waals surface area contributed by atoms with Crippen LogP contribution in [-0.4, -0.2) is 19.8 Å². The predicted octanol–water partition coefficient (Wildman–Crippen LogP) is 2.90. The summed E-state index contributed by atoms with van der Waals surface area (Å²) in [6, 6.07) is 4.16. The number of benzene rings is 1. The summed E-state index contributed by atoms with van der Waals surface area (Å²) in [6.45, 7) is 4.49. The van der Waals surface area contributed by atoms with Crippen molar-refractivity contribution in [2.45, 2.75) is 26.3 Å². The number of hydrogen-bond donors (Lipinski definition) is 1. The van der Waals surface area contributed by atoms with E-state index < -0.39 is 0 Å². The zero-order valence-corrected chi connectivity index (χ0v) is 11.6. The van der Waals surface area contributed by atoms with Gasteiger partial charge < -0.3 is 14.8 Å². The molecule has 0 spiro atoms. The third-order valence-corrected chi connectivity index (χ3v) is 3.02. The van der Waals surface area contributed by atoms with E-state index >= 15 is 0 Å². The van der Waals surface area contributed by atoms with Crippen LogP contribution in [-0.2, 0) is 4.74 Å². The minimum absolute atomic E-state index is 0. The molecule has 1 saturated heterocycles. The molecule has 0 unspecified atom stereocenters. The van der Waals surface area contributed by atoms with Crippen LogP contribution >= 0.6 is 12.4 Å². The largest absolute Gasteiger partial charge is 0.496 e. The van der Waals surface area contributed by atoms with Gasteiger partial charge in [-0.05, 0) is 30.5 Å². The van der Waals surface area contributed by atoms with Gasteiger partial charge in [-0.25, -0.2) is 4.79 Å². The molecule has 1 atom stereocenters. The second-order valence-corrected chi connectivity index (χ2v) is 4.31. The molecular formula is C13H18ClNO3. The van der Waals surface area contributed by atoms with Crippen LogP contribution in [0.3, 0.4) is 0 Å². The lowest BCUT2D eigenvalue weighted by atomic mass is 9.98. The Morgan fingerprint density at radius 2 is 1.94 bits per heavy atom. The maximum absolute atomic E-state index is 11.2. The maximum atomic E-state index is 11.2. The van der Waals surface area contributed by atoms with Crippen molar-refractivity contribution in [3.05, 3.63) is 28.8 Å². The Labute approximate surface area is 113 Å². The third-order valence-electron chi connectivity index (χ3n) is 3.02. The number of halogens is 1. The molecule has 2 rings (SSSR count). The highest BCUT2D eigenvalue weighted by Crippen LogP contribution is 2.29. The number of carbonyl (C=O) groups excluding carboxylic acids is 1. The minimum Gasteiger partial charge on any atom is -0.496 e. The summed E-state index contributed by atoms with van der Waals surface area (Å²) in [4.78, 5) is 11.2. The average molecular weight is 272 g/mol. The summed E-state index contributed by atoms with van der Waals surface area (Å²) < 4.78 is 10.2. The first kappa shape index (κ1) is 14.6. The zero-order valence-electron chi connectivity index (χ0n) is 10.8. The Kier molecular flexibility index (Phi) is 4.84. The Morgan fingerprint density at radius 1 is 1.33 bits per heavy atom. The van der Waals surface area contributed by atoms with Gasteiger partial charge >= 0.3 is 6.09 Å². The first-order chi connectivity index (χ1) is 8.11. The molecule has 5 heteroatoms. The van der Waals surface area contributed by atoms with E-state index in [4.69, 9.17) is 9.47 Å². The van der Waals surface area contributed by atoms with Gasteiger partial charge in [0.2, 0.25) is 0 Å². The van der Waals surface area contributed by atoms with Gasteiger partial charge in [0.15, 0.2) is 0 Å². The number of ether oxygens (including phenoxy) is 2. The minimum atomic E-state index is -0.340. The van der Waals surface area contributed by atoms with E-state index in [1.54, 1.807) is 7.11 Å². The van der Waals surface area contributed by atoms with Crippen molar-refractivity contribution in [3.8, 4) is 5.75 Å². The predicted molar refractivity (Wildman–Crippen MR) is 71.6 cm³/mol. The van der Waals surface area contributed by atoms with Crippen molar-refractivity contribution in [1.29, 1.82) is 0 Å². The quantitative estimate of drug-likeness (QED) is 0.900. The first-order valence-electron chi connectivity index (χ1n) is 5.70. The molecule has 1 aromatic carbocycles. The first-order valence-corrected chi connectivity index (χ1v) is 5.70. The normalized spacial score (nSPS) is 18.4. The van der Waals surface area contributed by atoms with E-state index in [2.05, 4.69) is 17.4 Å². The van der Waals surface area contributed by atoms with E-state index in [9.17, 15) is 4.79 Å². The fraction of sp³-hybridized carbons (Fsp3) is 0.462. The fourth-order valence-corrected chi connectivity index (χ4v) is 2.28. The fourth-order valence-electron chi connectivity index (χ4n) is 2.28. The molecule has 1 aliphatic heterocycles. The molecule has 0 aromatic heterocycles. The van der Waals surface area contributed by atoms with Crippen molar-refractivity contribution >= 4 is 18.5 Å². The van der Waals surface area contributed by atoms with Crippen molar-refractivity contribution in [1.82, 2.24) is 5.32 Å². The molecule has 0 radical (unpaired) electrons. The lowest BCUT2D eigenvalue weighted by Gasteiger charge is -2.24. The standard InChI is InChI=1S/C13H17NO3.ClH/c1-8-6-10(7-9(2)12(8)16-3)11-4-5-17-13(15)14-11;/h6-7,11H,4-5H2,1-3H3,(H,14,15);1H/t11-;/m0./s1. The van der Waals surface area contributed by atoms with Gasteiger partial charge in [0.25, 0.3) is 0 Å². The summed E-state index contributed by atoms with van der Waals surface area (Å²) >= 11 is 0. The van der Waals surface area contributed by atoms with Gasteiger partial charge in [0, 0.05) is 6.42 Å². The summed E-state index contributed by atoms with van der Waals surface area (Å²) in [5, 5.41) is 2.82. The Morgan fingerprint density at radius 3 is 2.44 bits per heavy atom. The maximum Gasteiger partial charge on any atom is 0.407 e. The second kappa shape index (κ2) is 5.96. The number of carbonyl (C=O) groups is 1. The monoisotopic (exact) mass is 271 g/mol. The number of nitrogens with one attached hydrogen (secondary N) is 1. The number of rotatable bonds is 2. The van der Waals surface area contributed by atoms with Crippen molar-refractivity contribution in [2.75, 3.05) is 13.7 Å². The molecule has 0 aliphatic carbocycles. The van der Waals surface area contributed by atoms with Crippen LogP contribution in [0, 0.1) is 13.8 Å². The molecule has 1 N–H and O–H groups in total. The molecule has 1 aromatic rings. The van der Waals surface area contributed by atoms with Crippen LogP contribution < -0.4 is 10.1 Å². The number of methoxy groups -OCH3 is 1. The summed E-state index contributed by atoms with van der Waals surface area (Å²) in [6.07, 6.45) is 0.462. The van der Waals surface area contributed by atoms with E-state index in [1.165, 1.54) is 0 Å². The third kappa shape index (κ3) is 2.88. The molecule has 18 heavy (non-hydrogen) atoms. The van der Waals surface area contributed by atoms with Crippen LogP contribution in [0.5, 0.6) is 5.75 Å². The Balaban J connectivity index is 0.00000162. The molecule has 0 saturated carbocycles. The summed E-state index contributed by atoms with van der Waals surface area (Å²) in [5.74, 6) is 0.909. The van der Waals surface area contributed by atoms with Gasteiger partial charge in [-0.2, -0.15) is 0 Å². The molecule has 1 aliphatic rings. The highest BCUT2D eigenvalue weighted by atomic mass is 35.5. The number of cyclic esters (lactones) is 1. The SMILES string of the molecule is COc1c(C)cc([C@@H]2CCOC(=O)N2)cc1C.Cl. The second-order valence-electron chi connectivity index (χ2n) is 4.31. The van der Waals surface area contributed by atoms with Gasteiger partial charge in [-0.15, -0.1) is 12.4 Å². The summed E-state index contributed by atoms with van der Waals surface area (Å²) in [7, 11) is 1.67. The number of alkyl carbamates (subject to hydrolysis) is 1. The average Bonchev–Trinajstić information content (AvgIpc) is 2.28. The van der Waals surface area contributed by atoms with Gasteiger partial charge in [-0.1, -0.05) is 12.1 Å². The molecule has 4 nitrogen and oxygen atoms in total. The van der Waals surface area contributed by atoms with E-state index in [-0.39, 0.29) is 24.5 Å². The highest BCUT2D eigenvalue weighted by molar-refractivity contribution is 5.85. The molecular weight excluding hydrogens is 254 g/mol. The van der Waals surface area contributed by atoms with Gasteiger partial charge in [-0.3, -0.25) is 0 Å². The van der Waals surface area contributed by atoms with Crippen molar-refractivity contribution < 1.29 is 14.3 Å². The van der Waals surface area contributed by atoms with Crippen molar-refractivity contribution in [2.24, 2.45) is 0 Å². The van der Waals surface area contributed by atoms with Crippen LogP contribution in [0.2, 0.25) is 0 Å². The molecule has 0 bridgehead atoms. The van der Waals surface area contributed by atoms with Crippen LogP contribution in [0.25, 0.3) is 0 Å². The van der Waals surface area contributed by atoms with E-state index in [1.807, 2.05) is 13.8 Å². The highest BCUT2D eigenvalue weighted by Gasteiger charge is 2.21. The van der Waals surface area contributed by atoms with Crippen LogP contribution in [0.1, 0.15) is 29.2 Å². The van der Waals surface area contributed by atoms with Crippen LogP contribution in [0.4, 0.5) is 4.79 Å². The molecule has 1 heterocycles. The van der Waals surface area contributed by atoms with Crippen LogP contribution in [0.15, 0.2) is 12.1 Å². The van der Waals surface area contributed by atoms with E-state index in [0.717, 1.165) is 28.9 Å². The summed E-state index contributed by atoms with van der Waals surface area (Å²) in [5.41, 5.74) is 3.28.